The van der Waals surface area contributed by atoms with Crippen molar-refractivity contribution in [3.63, 3.8) is 0 Å². The van der Waals surface area contributed by atoms with Gasteiger partial charge in [0.15, 0.2) is 11.5 Å². The maximum atomic E-state index is 13.6. The number of carbonyl (C=O) groups excluding carboxylic acids is 3. The normalized spacial score (nSPS) is 16.4. The summed E-state index contributed by atoms with van der Waals surface area (Å²) in [4.78, 5) is 54.7. The zero-order chi connectivity index (χ0) is 36.1. The molecule has 1 atom stereocenters. The van der Waals surface area contributed by atoms with Gasteiger partial charge >= 0.3 is 12.1 Å². The van der Waals surface area contributed by atoms with Crippen molar-refractivity contribution in [2.75, 3.05) is 62.3 Å². The lowest BCUT2D eigenvalue weighted by atomic mass is 10.1. The van der Waals surface area contributed by atoms with E-state index in [-0.39, 0.29) is 23.6 Å². The van der Waals surface area contributed by atoms with Crippen LogP contribution in [-0.2, 0) is 14.3 Å². The number of nitrogen functional groups attached to an aromatic ring is 1. The minimum absolute atomic E-state index is 0.0664. The molecule has 4 aromatic rings. The number of esters is 1. The Bertz CT molecular complexity index is 1830. The molecule has 2 aromatic heterocycles. The smallest absolute Gasteiger partial charge is 0.410 e. The molecule has 0 aliphatic carbocycles. The predicted molar refractivity (Wildman–Crippen MR) is 193 cm³/mol. The van der Waals surface area contributed by atoms with Gasteiger partial charge in [0.2, 0.25) is 6.10 Å². The molecular formula is C37H45N9O5. The Hall–Kier alpha value is -5.50. The van der Waals surface area contributed by atoms with Gasteiger partial charge in [-0.05, 0) is 64.9 Å². The predicted octanol–water partition coefficient (Wildman–Crippen LogP) is 4.78. The molecule has 2 aromatic carbocycles. The first kappa shape index (κ1) is 35.3. The summed E-state index contributed by atoms with van der Waals surface area (Å²) in [6.07, 6.45) is 4.74. The number of carbonyl (C=O) groups is 3. The Morgan fingerprint density at radius 3 is 2.27 bits per heavy atom. The van der Waals surface area contributed by atoms with Crippen LogP contribution >= 0.6 is 0 Å². The molecule has 3 N–H and O–H groups in total. The van der Waals surface area contributed by atoms with Gasteiger partial charge in [-0.25, -0.2) is 19.6 Å². The van der Waals surface area contributed by atoms with Crippen molar-refractivity contribution in [1.29, 1.82) is 0 Å². The molecule has 2 aliphatic heterocycles. The maximum absolute atomic E-state index is 13.6. The highest BCUT2D eigenvalue weighted by atomic mass is 16.6. The number of nitrogens with zero attached hydrogens (tertiary/aromatic N) is 7. The molecule has 14 heteroatoms. The average molecular weight is 696 g/mol. The Morgan fingerprint density at radius 1 is 0.922 bits per heavy atom. The van der Waals surface area contributed by atoms with Crippen molar-refractivity contribution in [2.45, 2.75) is 51.4 Å². The van der Waals surface area contributed by atoms with Crippen molar-refractivity contribution in [3.8, 4) is 11.3 Å². The number of nitrogens with two attached hydrogens (primary N) is 1. The van der Waals surface area contributed by atoms with E-state index in [0.29, 0.717) is 48.4 Å². The van der Waals surface area contributed by atoms with E-state index in [1.807, 2.05) is 62.0 Å². The van der Waals surface area contributed by atoms with E-state index in [9.17, 15) is 14.4 Å². The number of anilines is 3. The van der Waals surface area contributed by atoms with Crippen LogP contribution in [0.2, 0.25) is 0 Å². The van der Waals surface area contributed by atoms with Gasteiger partial charge in [-0.15, -0.1) is 0 Å². The van der Waals surface area contributed by atoms with E-state index in [1.54, 1.807) is 35.4 Å². The molecule has 2 saturated heterocycles. The standard InChI is InChI=1S/C37H45N9O5/c1-37(2,3)51-36(49)45-16-14-29(15-17-45)46-24-26(22-40-46)30-23-39-33(38)31(42-30)35(48)50-32(25-8-6-5-7-9-25)34(47)41-27-10-12-28(13-11-27)44-20-18-43(4)19-21-44/h5-13,22-24,29,32H,14-21H2,1-4H3,(H2,38,39)(H,41,47)/t32-/m1/s1. The summed E-state index contributed by atoms with van der Waals surface area (Å²) in [5, 5.41) is 7.43. The molecule has 51 heavy (non-hydrogen) atoms. The zero-order valence-electron chi connectivity index (χ0n) is 29.5. The van der Waals surface area contributed by atoms with E-state index in [0.717, 1.165) is 31.9 Å². The number of likely N-dealkylation sites (N-methyl/N-ethyl adjacent to an activating group) is 1. The second kappa shape index (κ2) is 15.2. The molecule has 14 nitrogen and oxygen atoms in total. The number of rotatable bonds is 8. The molecule has 2 aliphatic rings. The van der Waals surface area contributed by atoms with Crippen molar-refractivity contribution >= 4 is 35.2 Å². The number of benzene rings is 2. The highest BCUT2D eigenvalue weighted by Gasteiger charge is 2.30. The van der Waals surface area contributed by atoms with Crippen LogP contribution in [0.3, 0.4) is 0 Å². The zero-order valence-corrected chi connectivity index (χ0v) is 29.5. The van der Waals surface area contributed by atoms with Gasteiger partial charge in [0, 0.05) is 68.0 Å². The van der Waals surface area contributed by atoms with Crippen LogP contribution in [0.4, 0.5) is 22.0 Å². The Morgan fingerprint density at radius 2 is 1.61 bits per heavy atom. The minimum atomic E-state index is -1.28. The molecule has 0 radical (unpaired) electrons. The molecule has 0 saturated carbocycles. The lowest BCUT2D eigenvalue weighted by Crippen LogP contribution is -2.44. The van der Waals surface area contributed by atoms with Crippen molar-refractivity contribution in [2.24, 2.45) is 0 Å². The van der Waals surface area contributed by atoms with Gasteiger partial charge in [0.05, 0.1) is 24.1 Å². The van der Waals surface area contributed by atoms with Crippen LogP contribution in [-0.4, -0.2) is 99.4 Å². The van der Waals surface area contributed by atoms with E-state index < -0.39 is 23.6 Å². The number of amides is 2. The number of piperazine rings is 1. The van der Waals surface area contributed by atoms with Crippen LogP contribution in [0, 0.1) is 0 Å². The summed E-state index contributed by atoms with van der Waals surface area (Å²) >= 11 is 0. The summed E-state index contributed by atoms with van der Waals surface area (Å²) in [7, 11) is 2.11. The van der Waals surface area contributed by atoms with Crippen LogP contribution in [0.5, 0.6) is 0 Å². The van der Waals surface area contributed by atoms with Crippen LogP contribution in [0.25, 0.3) is 11.3 Å². The summed E-state index contributed by atoms with van der Waals surface area (Å²) in [5.41, 5.74) is 8.49. The lowest BCUT2D eigenvalue weighted by Gasteiger charge is -2.34. The SMILES string of the molecule is CN1CCN(c2ccc(NC(=O)[C@H](OC(=O)c3nc(-c4cnn(C5CCN(C(=O)OC(C)(C)C)CC5)c4)cnc3N)c3ccccc3)cc2)CC1. The van der Waals surface area contributed by atoms with Gasteiger partial charge in [-0.3, -0.25) is 9.48 Å². The fourth-order valence-corrected chi connectivity index (χ4v) is 6.09. The molecular weight excluding hydrogens is 650 g/mol. The summed E-state index contributed by atoms with van der Waals surface area (Å²) in [5.74, 6) is -1.54. The Balaban J connectivity index is 1.13. The second-order valence-electron chi connectivity index (χ2n) is 13.9. The number of hydrogen-bond donors (Lipinski definition) is 2. The fourth-order valence-electron chi connectivity index (χ4n) is 6.09. The van der Waals surface area contributed by atoms with Crippen LogP contribution < -0.4 is 16.0 Å². The van der Waals surface area contributed by atoms with E-state index in [4.69, 9.17) is 15.2 Å². The maximum Gasteiger partial charge on any atom is 0.410 e. The molecule has 0 bridgehead atoms. The molecule has 268 valence electrons. The quantitative estimate of drug-likeness (QED) is 0.244. The molecule has 2 fully saturated rings. The summed E-state index contributed by atoms with van der Waals surface area (Å²) in [6.45, 7) is 10.5. The van der Waals surface area contributed by atoms with Gasteiger partial charge in [0.25, 0.3) is 5.91 Å². The van der Waals surface area contributed by atoms with E-state index in [2.05, 4.69) is 37.2 Å². The minimum Gasteiger partial charge on any atom is -0.444 e. The molecule has 0 unspecified atom stereocenters. The largest absolute Gasteiger partial charge is 0.444 e. The van der Waals surface area contributed by atoms with Gasteiger partial charge < -0.3 is 35.2 Å². The number of ether oxygens (including phenoxy) is 2. The second-order valence-corrected chi connectivity index (χ2v) is 13.9. The summed E-state index contributed by atoms with van der Waals surface area (Å²) in [6, 6.07) is 16.5. The van der Waals surface area contributed by atoms with Gasteiger partial charge in [-0.2, -0.15) is 5.10 Å². The highest BCUT2D eigenvalue weighted by Crippen LogP contribution is 2.28. The average Bonchev–Trinajstić information content (AvgIpc) is 3.62. The Kier molecular flexibility index (Phi) is 10.5. The highest BCUT2D eigenvalue weighted by molar-refractivity contribution is 5.99. The first-order valence-corrected chi connectivity index (χ1v) is 17.2. The number of nitrogens with one attached hydrogen (secondary N) is 1. The van der Waals surface area contributed by atoms with Crippen molar-refractivity contribution in [1.82, 2.24) is 29.5 Å². The lowest BCUT2D eigenvalue weighted by molar-refractivity contribution is -0.125. The third-order valence-electron chi connectivity index (χ3n) is 8.95. The molecule has 6 rings (SSSR count). The topological polar surface area (TPSA) is 161 Å². The molecule has 4 heterocycles. The van der Waals surface area contributed by atoms with Gasteiger partial charge in [-0.1, -0.05) is 30.3 Å². The molecule has 0 spiro atoms. The summed E-state index contributed by atoms with van der Waals surface area (Å²) < 4.78 is 13.2. The fraction of sp³-hybridized carbons (Fsp3) is 0.405. The van der Waals surface area contributed by atoms with E-state index in [1.165, 1.54) is 6.20 Å². The number of piperidine rings is 1. The monoisotopic (exact) mass is 695 g/mol. The first-order chi connectivity index (χ1) is 24.4. The third kappa shape index (κ3) is 8.81. The van der Waals surface area contributed by atoms with Crippen molar-refractivity contribution in [3.05, 3.63) is 84.4 Å². The van der Waals surface area contributed by atoms with E-state index >= 15 is 0 Å². The number of hydrogen-bond acceptors (Lipinski definition) is 11. The number of likely N-dealkylation sites (tertiary alicyclic amines) is 1. The van der Waals surface area contributed by atoms with Crippen LogP contribution in [0.15, 0.2) is 73.2 Å². The molecule has 2 amide bonds. The first-order valence-electron chi connectivity index (χ1n) is 17.2. The van der Waals surface area contributed by atoms with Crippen molar-refractivity contribution < 1.29 is 23.9 Å². The third-order valence-corrected chi connectivity index (χ3v) is 8.95. The van der Waals surface area contributed by atoms with Gasteiger partial charge in [0.1, 0.15) is 5.60 Å². The van der Waals surface area contributed by atoms with Crippen LogP contribution in [0.1, 0.15) is 61.8 Å². The number of aromatic nitrogens is 4. The Labute approximate surface area is 297 Å².